The van der Waals surface area contributed by atoms with Crippen molar-refractivity contribution < 1.29 is 9.53 Å². The predicted octanol–water partition coefficient (Wildman–Crippen LogP) is 2.55. The quantitative estimate of drug-likeness (QED) is 0.879. The Morgan fingerprint density at radius 2 is 2.04 bits per heavy atom. The number of hydrogen-bond acceptors (Lipinski definition) is 4. The lowest BCUT2D eigenvalue weighted by molar-refractivity contribution is -0.126. The average molecular weight is 339 g/mol. The number of morpholine rings is 1. The first kappa shape index (κ1) is 17.6. The average Bonchev–Trinajstić information content (AvgIpc) is 2.63. The summed E-state index contributed by atoms with van der Waals surface area (Å²) < 4.78 is 5.79. The number of ether oxygens (including phenoxy) is 1. The summed E-state index contributed by atoms with van der Waals surface area (Å²) in [5.74, 6) is 0.0240. The molecule has 0 spiro atoms. The van der Waals surface area contributed by atoms with Crippen molar-refractivity contribution in [1.29, 1.82) is 0 Å². The van der Waals surface area contributed by atoms with E-state index in [9.17, 15) is 4.79 Å². The highest BCUT2D eigenvalue weighted by Crippen LogP contribution is 2.14. The zero-order valence-corrected chi connectivity index (χ0v) is 14.6. The third-order valence-corrected chi connectivity index (χ3v) is 4.47. The summed E-state index contributed by atoms with van der Waals surface area (Å²) in [7, 11) is 0. The molecule has 1 aliphatic rings. The van der Waals surface area contributed by atoms with Crippen LogP contribution in [0.2, 0.25) is 0 Å². The SMILES string of the molecule is C[C@@H](NC(=O)C[C@H]1CN(Cc2ccccc2)CCO1)c1ccncc1. The van der Waals surface area contributed by atoms with E-state index < -0.39 is 0 Å². The number of amides is 1. The first-order chi connectivity index (χ1) is 12.2. The molecule has 5 heteroatoms. The Bertz CT molecular complexity index is 663. The van der Waals surface area contributed by atoms with E-state index >= 15 is 0 Å². The van der Waals surface area contributed by atoms with Gasteiger partial charge < -0.3 is 10.1 Å². The maximum absolute atomic E-state index is 12.3. The van der Waals surface area contributed by atoms with Gasteiger partial charge in [-0.15, -0.1) is 0 Å². The lowest BCUT2D eigenvalue weighted by atomic mass is 10.1. The van der Waals surface area contributed by atoms with E-state index in [1.54, 1.807) is 12.4 Å². The van der Waals surface area contributed by atoms with Crippen LogP contribution >= 0.6 is 0 Å². The Kier molecular flexibility index (Phi) is 6.14. The second-order valence-corrected chi connectivity index (χ2v) is 6.49. The van der Waals surface area contributed by atoms with Crippen molar-refractivity contribution in [3.05, 3.63) is 66.0 Å². The number of hydrogen-bond donors (Lipinski definition) is 1. The van der Waals surface area contributed by atoms with Crippen LogP contribution < -0.4 is 5.32 Å². The first-order valence-corrected chi connectivity index (χ1v) is 8.78. The molecule has 2 aromatic rings. The molecule has 1 N–H and O–H groups in total. The highest BCUT2D eigenvalue weighted by Gasteiger charge is 2.23. The highest BCUT2D eigenvalue weighted by atomic mass is 16.5. The minimum Gasteiger partial charge on any atom is -0.375 e. The minimum atomic E-state index is -0.0536. The maximum atomic E-state index is 12.3. The van der Waals surface area contributed by atoms with Crippen molar-refractivity contribution in [2.75, 3.05) is 19.7 Å². The van der Waals surface area contributed by atoms with Gasteiger partial charge in [0.2, 0.25) is 5.91 Å². The third-order valence-electron chi connectivity index (χ3n) is 4.47. The van der Waals surface area contributed by atoms with Crippen molar-refractivity contribution >= 4 is 5.91 Å². The smallest absolute Gasteiger partial charge is 0.223 e. The molecule has 3 rings (SSSR count). The molecule has 0 radical (unpaired) electrons. The molecule has 1 aromatic heterocycles. The molecule has 1 aromatic carbocycles. The van der Waals surface area contributed by atoms with Gasteiger partial charge in [-0.1, -0.05) is 30.3 Å². The van der Waals surface area contributed by atoms with Crippen molar-refractivity contribution in [1.82, 2.24) is 15.2 Å². The fourth-order valence-corrected chi connectivity index (χ4v) is 3.13. The molecule has 1 aliphatic heterocycles. The van der Waals surface area contributed by atoms with Crippen LogP contribution in [0.25, 0.3) is 0 Å². The molecular formula is C20H25N3O2. The Balaban J connectivity index is 1.48. The molecule has 0 unspecified atom stereocenters. The summed E-state index contributed by atoms with van der Waals surface area (Å²) in [6.07, 6.45) is 3.82. The standard InChI is InChI=1S/C20H25N3O2/c1-16(18-7-9-21-10-8-18)22-20(24)13-19-15-23(11-12-25-19)14-17-5-3-2-4-6-17/h2-10,16,19H,11-15H2,1H3,(H,22,24)/t16-,19+/m1/s1. The van der Waals surface area contributed by atoms with Gasteiger partial charge in [-0.3, -0.25) is 14.7 Å². The van der Waals surface area contributed by atoms with Gasteiger partial charge in [0, 0.05) is 32.0 Å². The number of pyridine rings is 1. The molecule has 25 heavy (non-hydrogen) atoms. The highest BCUT2D eigenvalue weighted by molar-refractivity contribution is 5.77. The van der Waals surface area contributed by atoms with Gasteiger partial charge in [0.25, 0.3) is 0 Å². The number of aromatic nitrogens is 1. The molecule has 1 fully saturated rings. The normalized spacial score (nSPS) is 19.3. The molecule has 2 atom stereocenters. The lowest BCUT2D eigenvalue weighted by Crippen LogP contribution is -2.44. The van der Waals surface area contributed by atoms with Gasteiger partial charge in [-0.25, -0.2) is 0 Å². The van der Waals surface area contributed by atoms with Gasteiger partial charge in [0.1, 0.15) is 0 Å². The van der Waals surface area contributed by atoms with Crippen LogP contribution in [0.1, 0.15) is 30.5 Å². The Morgan fingerprint density at radius 1 is 1.28 bits per heavy atom. The third kappa shape index (κ3) is 5.37. The van der Waals surface area contributed by atoms with Crippen LogP contribution in [0.5, 0.6) is 0 Å². The summed E-state index contributed by atoms with van der Waals surface area (Å²) >= 11 is 0. The largest absolute Gasteiger partial charge is 0.375 e. The van der Waals surface area contributed by atoms with E-state index in [0.29, 0.717) is 13.0 Å². The first-order valence-electron chi connectivity index (χ1n) is 8.78. The second-order valence-electron chi connectivity index (χ2n) is 6.49. The Labute approximate surface area is 149 Å². The molecule has 1 saturated heterocycles. The van der Waals surface area contributed by atoms with Crippen molar-refractivity contribution in [3.63, 3.8) is 0 Å². The molecule has 0 aliphatic carbocycles. The van der Waals surface area contributed by atoms with E-state index in [-0.39, 0.29) is 18.1 Å². The van der Waals surface area contributed by atoms with Gasteiger partial charge in [-0.2, -0.15) is 0 Å². The van der Waals surface area contributed by atoms with Crippen LogP contribution in [-0.4, -0.2) is 41.6 Å². The summed E-state index contributed by atoms with van der Waals surface area (Å²) in [4.78, 5) is 18.7. The summed E-state index contributed by atoms with van der Waals surface area (Å²) in [5.41, 5.74) is 2.34. The second kappa shape index (κ2) is 8.74. The van der Waals surface area contributed by atoms with Gasteiger partial charge in [0.05, 0.1) is 25.2 Å². The molecule has 5 nitrogen and oxygen atoms in total. The Hall–Kier alpha value is -2.24. The number of nitrogens with one attached hydrogen (secondary N) is 1. The molecule has 0 saturated carbocycles. The van der Waals surface area contributed by atoms with Crippen LogP contribution in [0, 0.1) is 0 Å². The van der Waals surface area contributed by atoms with E-state index in [2.05, 4.69) is 39.5 Å². The van der Waals surface area contributed by atoms with Gasteiger partial charge in [0.15, 0.2) is 0 Å². The fourth-order valence-electron chi connectivity index (χ4n) is 3.13. The number of rotatable bonds is 6. The summed E-state index contributed by atoms with van der Waals surface area (Å²) in [6, 6.07) is 14.2. The van der Waals surface area contributed by atoms with E-state index in [0.717, 1.165) is 25.2 Å². The van der Waals surface area contributed by atoms with E-state index in [1.807, 2.05) is 25.1 Å². The number of nitrogens with zero attached hydrogens (tertiary/aromatic N) is 2. The monoisotopic (exact) mass is 339 g/mol. The molecular weight excluding hydrogens is 314 g/mol. The molecule has 2 heterocycles. The van der Waals surface area contributed by atoms with Gasteiger partial charge in [-0.05, 0) is 30.2 Å². The van der Waals surface area contributed by atoms with Crippen LogP contribution in [0.4, 0.5) is 0 Å². The van der Waals surface area contributed by atoms with Crippen molar-refractivity contribution in [3.8, 4) is 0 Å². The maximum Gasteiger partial charge on any atom is 0.223 e. The van der Waals surface area contributed by atoms with Crippen LogP contribution in [0.15, 0.2) is 54.9 Å². The molecule has 132 valence electrons. The molecule has 0 bridgehead atoms. The topological polar surface area (TPSA) is 54.5 Å². The van der Waals surface area contributed by atoms with E-state index in [4.69, 9.17) is 4.74 Å². The summed E-state index contributed by atoms with van der Waals surface area (Å²) in [5, 5.41) is 3.04. The summed E-state index contributed by atoms with van der Waals surface area (Å²) in [6.45, 7) is 5.24. The zero-order valence-electron chi connectivity index (χ0n) is 14.6. The van der Waals surface area contributed by atoms with E-state index in [1.165, 1.54) is 5.56 Å². The zero-order chi connectivity index (χ0) is 17.5. The fraction of sp³-hybridized carbons (Fsp3) is 0.400. The number of carbonyl (C=O) groups excluding carboxylic acids is 1. The van der Waals surface area contributed by atoms with Crippen molar-refractivity contribution in [2.45, 2.75) is 32.0 Å². The predicted molar refractivity (Wildman–Crippen MR) is 96.9 cm³/mol. The minimum absolute atomic E-state index is 0.0240. The van der Waals surface area contributed by atoms with Crippen LogP contribution in [0.3, 0.4) is 0 Å². The number of benzene rings is 1. The Morgan fingerprint density at radius 3 is 2.80 bits per heavy atom. The molecule has 1 amide bonds. The van der Waals surface area contributed by atoms with Crippen LogP contribution in [-0.2, 0) is 16.1 Å². The lowest BCUT2D eigenvalue weighted by Gasteiger charge is -2.33. The number of carbonyl (C=O) groups is 1. The van der Waals surface area contributed by atoms with Gasteiger partial charge >= 0.3 is 0 Å². The van der Waals surface area contributed by atoms with Crippen molar-refractivity contribution in [2.24, 2.45) is 0 Å².